The van der Waals surface area contributed by atoms with Crippen molar-refractivity contribution in [3.05, 3.63) is 108 Å². The van der Waals surface area contributed by atoms with Crippen molar-refractivity contribution in [3.63, 3.8) is 0 Å². The van der Waals surface area contributed by atoms with Crippen LogP contribution in [0, 0.1) is 0 Å². The molecule has 3 aromatic carbocycles. The first-order chi connectivity index (χ1) is 18.0. The van der Waals surface area contributed by atoms with Crippen molar-refractivity contribution in [3.8, 4) is 0 Å². The number of H-pyrrole nitrogens is 1. The third-order valence-electron chi connectivity index (χ3n) is 6.17. The first kappa shape index (κ1) is 25.7. The molecule has 0 aliphatic rings. The van der Waals surface area contributed by atoms with Crippen LogP contribution in [0.5, 0.6) is 0 Å². The zero-order valence-electron chi connectivity index (χ0n) is 20.6. The van der Waals surface area contributed by atoms with Gasteiger partial charge in [-0.1, -0.05) is 78.9 Å². The molecule has 2 atom stereocenters. The van der Waals surface area contributed by atoms with Gasteiger partial charge >= 0.3 is 0 Å². The number of nitrogens with one attached hydrogen (secondary N) is 3. The Morgan fingerprint density at radius 3 is 2.14 bits per heavy atom. The van der Waals surface area contributed by atoms with Crippen LogP contribution in [0.3, 0.4) is 0 Å². The molecule has 0 aliphatic heterocycles. The fraction of sp³-hybridized carbons (Fsp3) is 0.207. The first-order valence-electron chi connectivity index (χ1n) is 12.1. The van der Waals surface area contributed by atoms with Crippen LogP contribution >= 0.6 is 0 Å². The topological polar surface area (TPSA) is 115 Å². The number of hydrogen-bond acceptors (Lipinski definition) is 4. The summed E-state index contributed by atoms with van der Waals surface area (Å²) in [5, 5.41) is 16.0. The van der Waals surface area contributed by atoms with Crippen LogP contribution in [0.15, 0.2) is 91.1 Å². The van der Waals surface area contributed by atoms with Gasteiger partial charge in [-0.15, -0.1) is 0 Å². The number of aliphatic hydroxyl groups excluding tert-OH is 1. The molecule has 8 nitrogen and oxygen atoms in total. The van der Waals surface area contributed by atoms with Gasteiger partial charge in [-0.3, -0.25) is 14.4 Å². The molecule has 4 rings (SSSR count). The minimum absolute atomic E-state index is 0.263. The lowest BCUT2D eigenvalue weighted by Gasteiger charge is -2.26. The second kappa shape index (κ2) is 12.0. The van der Waals surface area contributed by atoms with Crippen molar-refractivity contribution in [2.75, 3.05) is 13.7 Å². The van der Waals surface area contributed by atoms with E-state index in [0.29, 0.717) is 17.5 Å². The van der Waals surface area contributed by atoms with Crippen LogP contribution in [0.2, 0.25) is 0 Å². The number of benzene rings is 3. The number of carbonyl (C=O) groups excluding carboxylic acids is 3. The van der Waals surface area contributed by atoms with Gasteiger partial charge in [0.1, 0.15) is 12.1 Å². The number of hydrogen-bond donors (Lipinski definition) is 4. The first-order valence-corrected chi connectivity index (χ1v) is 12.1. The van der Waals surface area contributed by atoms with Gasteiger partial charge in [0.15, 0.2) is 0 Å². The van der Waals surface area contributed by atoms with E-state index in [-0.39, 0.29) is 12.3 Å². The number of para-hydroxylation sites is 1. The molecule has 8 heteroatoms. The molecule has 0 saturated heterocycles. The smallest absolute Gasteiger partial charge is 0.254 e. The third kappa shape index (κ3) is 6.42. The summed E-state index contributed by atoms with van der Waals surface area (Å²) in [4.78, 5) is 44.1. The minimum atomic E-state index is -1.23. The molecule has 1 heterocycles. The summed E-state index contributed by atoms with van der Waals surface area (Å²) in [7, 11) is 1.68. The van der Waals surface area contributed by atoms with Crippen LogP contribution in [0.25, 0.3) is 10.9 Å². The third-order valence-corrected chi connectivity index (χ3v) is 6.17. The summed E-state index contributed by atoms with van der Waals surface area (Å²) >= 11 is 0. The molecule has 37 heavy (non-hydrogen) atoms. The standard InChI is InChI=1S/C29H30N4O4/c1-33(18-21-12-6-3-7-13-21)29(37)25(16-20-10-4-2-5-11-20)31-28(36)26(19-34)32-27(35)23-17-30-24-15-9-8-14-22(23)24/h2-15,17,25-26,30,34H,16,18-19H2,1H3,(H,31,36)(H,32,35)/t25-,26-/m0/s1. The minimum Gasteiger partial charge on any atom is -0.394 e. The Hall–Kier alpha value is -4.43. The fourth-order valence-corrected chi connectivity index (χ4v) is 4.21. The van der Waals surface area contributed by atoms with E-state index >= 15 is 0 Å². The summed E-state index contributed by atoms with van der Waals surface area (Å²) in [5.41, 5.74) is 2.98. The number of amides is 3. The molecule has 190 valence electrons. The Kier molecular flexibility index (Phi) is 8.33. The quantitative estimate of drug-likeness (QED) is 0.269. The molecule has 0 saturated carbocycles. The van der Waals surface area contributed by atoms with Crippen LogP contribution in [-0.2, 0) is 22.6 Å². The summed E-state index contributed by atoms with van der Waals surface area (Å²) in [6.07, 6.45) is 1.83. The van der Waals surface area contributed by atoms with E-state index in [4.69, 9.17) is 0 Å². The van der Waals surface area contributed by atoms with Crippen molar-refractivity contribution >= 4 is 28.6 Å². The van der Waals surface area contributed by atoms with Gasteiger partial charge in [-0.05, 0) is 17.2 Å². The Labute approximate surface area is 215 Å². The number of nitrogens with zero attached hydrogens (tertiary/aromatic N) is 1. The lowest BCUT2D eigenvalue weighted by Crippen LogP contribution is -2.55. The van der Waals surface area contributed by atoms with Gasteiger partial charge in [-0.2, -0.15) is 0 Å². The second-order valence-electron chi connectivity index (χ2n) is 8.89. The predicted octanol–water partition coefficient (Wildman–Crippen LogP) is 2.64. The van der Waals surface area contributed by atoms with Gasteiger partial charge in [0, 0.05) is 37.1 Å². The average molecular weight is 499 g/mol. The van der Waals surface area contributed by atoms with E-state index < -0.39 is 30.5 Å². The molecule has 4 aromatic rings. The van der Waals surface area contributed by atoms with Crippen LogP contribution in [0.4, 0.5) is 0 Å². The van der Waals surface area contributed by atoms with Crippen molar-refractivity contribution in [1.82, 2.24) is 20.5 Å². The molecule has 0 unspecified atom stereocenters. The number of aromatic nitrogens is 1. The van der Waals surface area contributed by atoms with Gasteiger partial charge < -0.3 is 25.6 Å². The average Bonchev–Trinajstić information content (AvgIpc) is 3.36. The van der Waals surface area contributed by atoms with E-state index in [1.807, 2.05) is 78.9 Å². The van der Waals surface area contributed by atoms with Crippen molar-refractivity contribution in [2.45, 2.75) is 25.0 Å². The van der Waals surface area contributed by atoms with Crippen molar-refractivity contribution in [2.24, 2.45) is 0 Å². The zero-order valence-corrected chi connectivity index (χ0v) is 20.6. The van der Waals surface area contributed by atoms with E-state index in [1.165, 1.54) is 0 Å². The van der Waals surface area contributed by atoms with Crippen LogP contribution in [0.1, 0.15) is 21.5 Å². The van der Waals surface area contributed by atoms with Crippen LogP contribution in [-0.4, -0.2) is 58.5 Å². The van der Waals surface area contributed by atoms with E-state index in [9.17, 15) is 19.5 Å². The molecule has 0 aliphatic carbocycles. The number of aliphatic hydroxyl groups is 1. The highest BCUT2D eigenvalue weighted by Crippen LogP contribution is 2.17. The zero-order chi connectivity index (χ0) is 26.2. The van der Waals surface area contributed by atoms with Gasteiger partial charge in [0.2, 0.25) is 11.8 Å². The largest absolute Gasteiger partial charge is 0.394 e. The number of fused-ring (bicyclic) bond motifs is 1. The SMILES string of the molecule is CN(Cc1ccccc1)C(=O)[C@H](Cc1ccccc1)NC(=O)[C@H](CO)NC(=O)c1c[nH]c2ccccc12. The number of rotatable bonds is 10. The van der Waals surface area contributed by atoms with Crippen molar-refractivity contribution in [1.29, 1.82) is 0 Å². The molecule has 1 aromatic heterocycles. The Bertz CT molecular complexity index is 1350. The highest BCUT2D eigenvalue weighted by atomic mass is 16.3. The summed E-state index contributed by atoms with van der Waals surface area (Å²) < 4.78 is 0. The molecule has 0 radical (unpaired) electrons. The highest BCUT2D eigenvalue weighted by molar-refractivity contribution is 6.08. The Morgan fingerprint density at radius 2 is 1.46 bits per heavy atom. The molecule has 3 amide bonds. The lowest BCUT2D eigenvalue weighted by atomic mass is 10.0. The maximum Gasteiger partial charge on any atom is 0.254 e. The Morgan fingerprint density at radius 1 is 0.838 bits per heavy atom. The Balaban J connectivity index is 1.48. The highest BCUT2D eigenvalue weighted by Gasteiger charge is 2.29. The second-order valence-corrected chi connectivity index (χ2v) is 8.89. The lowest BCUT2D eigenvalue weighted by molar-refractivity contribution is -0.136. The summed E-state index contributed by atoms with van der Waals surface area (Å²) in [5.74, 6) is -1.42. The molecule has 0 bridgehead atoms. The van der Waals surface area contributed by atoms with Crippen molar-refractivity contribution < 1.29 is 19.5 Å². The van der Waals surface area contributed by atoms with Gasteiger partial charge in [0.25, 0.3) is 5.91 Å². The normalized spacial score (nSPS) is 12.5. The van der Waals surface area contributed by atoms with E-state index in [1.54, 1.807) is 24.2 Å². The monoisotopic (exact) mass is 498 g/mol. The number of carbonyl (C=O) groups is 3. The maximum atomic E-state index is 13.4. The molecular formula is C29H30N4O4. The molecule has 4 N–H and O–H groups in total. The summed E-state index contributed by atoms with van der Waals surface area (Å²) in [6, 6.07) is 24.1. The summed E-state index contributed by atoms with van der Waals surface area (Å²) in [6.45, 7) is -0.242. The van der Waals surface area contributed by atoms with Crippen LogP contribution < -0.4 is 10.6 Å². The number of likely N-dealkylation sites (N-methyl/N-ethyl adjacent to an activating group) is 1. The molecule has 0 fully saturated rings. The predicted molar refractivity (Wildman–Crippen MR) is 142 cm³/mol. The van der Waals surface area contributed by atoms with E-state index in [2.05, 4.69) is 15.6 Å². The molecule has 0 spiro atoms. The van der Waals surface area contributed by atoms with Gasteiger partial charge in [-0.25, -0.2) is 0 Å². The number of aromatic amines is 1. The molecular weight excluding hydrogens is 468 g/mol. The van der Waals surface area contributed by atoms with Gasteiger partial charge in [0.05, 0.1) is 12.2 Å². The fourth-order valence-electron chi connectivity index (χ4n) is 4.21. The maximum absolute atomic E-state index is 13.4. The van der Waals surface area contributed by atoms with E-state index in [0.717, 1.165) is 16.6 Å².